The van der Waals surface area contributed by atoms with Gasteiger partial charge in [0, 0.05) is 6.42 Å². The standard InChI is InChI=1S/C16H23FO3S/c17-15(21(19,20)14-9-5-4-6-10-14)13-16(18)11-7-2-1-3-8-12-16/h4-6,9-10,15,18H,1-3,7-8,11-13H2. The Morgan fingerprint density at radius 1 is 1.05 bits per heavy atom. The predicted molar refractivity (Wildman–Crippen MR) is 80.4 cm³/mol. The molecule has 0 aromatic heterocycles. The summed E-state index contributed by atoms with van der Waals surface area (Å²) >= 11 is 0. The van der Waals surface area contributed by atoms with Gasteiger partial charge in [-0.05, 0) is 25.0 Å². The largest absolute Gasteiger partial charge is 0.390 e. The normalized spacial score (nSPS) is 21.2. The molecule has 1 atom stereocenters. The minimum Gasteiger partial charge on any atom is -0.390 e. The molecule has 1 saturated carbocycles. The molecule has 1 fully saturated rings. The van der Waals surface area contributed by atoms with Gasteiger partial charge in [0.05, 0.1) is 10.5 Å². The van der Waals surface area contributed by atoms with Gasteiger partial charge in [-0.2, -0.15) is 0 Å². The number of hydrogen-bond donors (Lipinski definition) is 1. The van der Waals surface area contributed by atoms with Crippen LogP contribution >= 0.6 is 0 Å². The van der Waals surface area contributed by atoms with Crippen LogP contribution in [-0.4, -0.2) is 24.6 Å². The average Bonchev–Trinajstić information content (AvgIpc) is 2.44. The van der Waals surface area contributed by atoms with Crippen molar-refractivity contribution in [1.29, 1.82) is 0 Å². The van der Waals surface area contributed by atoms with E-state index in [9.17, 15) is 17.9 Å². The van der Waals surface area contributed by atoms with E-state index in [1.807, 2.05) is 0 Å². The van der Waals surface area contributed by atoms with Crippen molar-refractivity contribution < 1.29 is 17.9 Å². The predicted octanol–water partition coefficient (Wildman–Crippen LogP) is 3.62. The minimum absolute atomic E-state index is 0.0213. The Kier molecular flexibility index (Phi) is 5.38. The highest BCUT2D eigenvalue weighted by Gasteiger charge is 2.37. The zero-order valence-corrected chi connectivity index (χ0v) is 13.0. The van der Waals surface area contributed by atoms with Crippen molar-refractivity contribution in [3.8, 4) is 0 Å². The van der Waals surface area contributed by atoms with Gasteiger partial charge in [-0.15, -0.1) is 0 Å². The molecule has 1 unspecified atom stereocenters. The maximum atomic E-state index is 14.4. The molecule has 1 aliphatic carbocycles. The zero-order valence-electron chi connectivity index (χ0n) is 12.2. The third-order valence-electron chi connectivity index (χ3n) is 4.23. The summed E-state index contributed by atoms with van der Waals surface area (Å²) in [6.07, 6.45) is 5.47. The molecule has 0 aliphatic heterocycles. The van der Waals surface area contributed by atoms with Crippen LogP contribution in [0, 0.1) is 0 Å². The lowest BCUT2D eigenvalue weighted by Gasteiger charge is -2.31. The fourth-order valence-corrected chi connectivity index (χ4v) is 4.30. The number of alkyl halides is 1. The van der Waals surface area contributed by atoms with Crippen LogP contribution in [0.2, 0.25) is 0 Å². The van der Waals surface area contributed by atoms with Crippen molar-refractivity contribution >= 4 is 9.84 Å². The fourth-order valence-electron chi connectivity index (χ4n) is 2.93. The number of benzene rings is 1. The Morgan fingerprint density at radius 2 is 1.57 bits per heavy atom. The van der Waals surface area contributed by atoms with E-state index >= 15 is 0 Å². The van der Waals surface area contributed by atoms with Crippen molar-refractivity contribution in [2.45, 2.75) is 67.4 Å². The molecule has 0 amide bonds. The molecule has 0 heterocycles. The number of hydrogen-bond acceptors (Lipinski definition) is 3. The van der Waals surface area contributed by atoms with Gasteiger partial charge in [0.15, 0.2) is 0 Å². The molecule has 2 rings (SSSR count). The maximum absolute atomic E-state index is 14.4. The van der Waals surface area contributed by atoms with Crippen LogP contribution in [-0.2, 0) is 9.84 Å². The Morgan fingerprint density at radius 3 is 2.14 bits per heavy atom. The molecule has 5 heteroatoms. The summed E-state index contributed by atoms with van der Waals surface area (Å²) in [6.45, 7) is 0. The van der Waals surface area contributed by atoms with Gasteiger partial charge in [0.1, 0.15) is 0 Å². The smallest absolute Gasteiger partial charge is 0.210 e. The van der Waals surface area contributed by atoms with E-state index in [2.05, 4.69) is 0 Å². The highest BCUT2D eigenvalue weighted by atomic mass is 32.2. The molecule has 0 spiro atoms. The molecule has 1 aliphatic rings. The zero-order chi connectivity index (χ0) is 15.3. The Hall–Kier alpha value is -0.940. The van der Waals surface area contributed by atoms with Crippen molar-refractivity contribution in [2.24, 2.45) is 0 Å². The van der Waals surface area contributed by atoms with Gasteiger partial charge < -0.3 is 5.11 Å². The van der Waals surface area contributed by atoms with Gasteiger partial charge in [-0.1, -0.05) is 50.3 Å². The number of sulfone groups is 1. The van der Waals surface area contributed by atoms with E-state index in [-0.39, 0.29) is 11.3 Å². The average molecular weight is 314 g/mol. The number of halogens is 1. The van der Waals surface area contributed by atoms with E-state index in [0.29, 0.717) is 12.8 Å². The minimum atomic E-state index is -4.02. The molecule has 0 bridgehead atoms. The third kappa shape index (κ3) is 4.27. The monoisotopic (exact) mass is 314 g/mol. The lowest BCUT2D eigenvalue weighted by molar-refractivity contribution is -0.00401. The lowest BCUT2D eigenvalue weighted by atomic mass is 9.85. The first-order valence-electron chi connectivity index (χ1n) is 7.59. The SMILES string of the molecule is O=S(=O)(c1ccccc1)C(F)CC1(O)CCCCCCC1. The summed E-state index contributed by atoms with van der Waals surface area (Å²) in [4.78, 5) is -0.0213. The lowest BCUT2D eigenvalue weighted by Crippen LogP contribution is -2.35. The third-order valence-corrected chi connectivity index (χ3v) is 6.00. The Bertz CT molecular complexity index is 534. The summed E-state index contributed by atoms with van der Waals surface area (Å²) in [5.41, 5.74) is -3.24. The fraction of sp³-hybridized carbons (Fsp3) is 0.625. The van der Waals surface area contributed by atoms with E-state index < -0.39 is 20.9 Å². The molecular weight excluding hydrogens is 291 g/mol. The van der Waals surface area contributed by atoms with Crippen molar-refractivity contribution in [2.75, 3.05) is 0 Å². The van der Waals surface area contributed by atoms with Gasteiger partial charge in [-0.3, -0.25) is 0 Å². The summed E-state index contributed by atoms with van der Waals surface area (Å²) in [5, 5.41) is 10.6. The molecule has 21 heavy (non-hydrogen) atoms. The van der Waals surface area contributed by atoms with Crippen LogP contribution in [0.4, 0.5) is 4.39 Å². The molecular formula is C16H23FO3S. The highest BCUT2D eigenvalue weighted by molar-refractivity contribution is 7.91. The first kappa shape index (κ1) is 16.4. The Labute approximate surface area is 126 Å². The van der Waals surface area contributed by atoms with Crippen molar-refractivity contribution in [3.63, 3.8) is 0 Å². The maximum Gasteiger partial charge on any atom is 0.210 e. The van der Waals surface area contributed by atoms with Crippen molar-refractivity contribution in [1.82, 2.24) is 0 Å². The molecule has 118 valence electrons. The van der Waals surface area contributed by atoms with Gasteiger partial charge in [0.2, 0.25) is 15.3 Å². The van der Waals surface area contributed by atoms with E-state index in [1.165, 1.54) is 12.1 Å². The highest BCUT2D eigenvalue weighted by Crippen LogP contribution is 2.33. The summed E-state index contributed by atoms with van der Waals surface area (Å²) in [5.74, 6) is 0. The van der Waals surface area contributed by atoms with Gasteiger partial charge >= 0.3 is 0 Å². The number of aliphatic hydroxyl groups is 1. The molecule has 3 nitrogen and oxygen atoms in total. The molecule has 1 N–H and O–H groups in total. The summed E-state index contributed by atoms with van der Waals surface area (Å²) in [6, 6.07) is 7.62. The second kappa shape index (κ2) is 6.88. The molecule has 1 aromatic carbocycles. The first-order chi connectivity index (χ1) is 9.94. The Balaban J connectivity index is 2.10. The van der Waals surface area contributed by atoms with Crippen LogP contribution in [0.15, 0.2) is 35.2 Å². The van der Waals surface area contributed by atoms with E-state index in [1.54, 1.807) is 18.2 Å². The summed E-state index contributed by atoms with van der Waals surface area (Å²) in [7, 11) is -4.02. The van der Waals surface area contributed by atoms with Crippen LogP contribution in [0.5, 0.6) is 0 Å². The van der Waals surface area contributed by atoms with Crippen molar-refractivity contribution in [3.05, 3.63) is 30.3 Å². The summed E-state index contributed by atoms with van der Waals surface area (Å²) < 4.78 is 38.8. The van der Waals surface area contributed by atoms with Crippen LogP contribution in [0.25, 0.3) is 0 Å². The number of rotatable bonds is 4. The van der Waals surface area contributed by atoms with Crippen LogP contribution in [0.3, 0.4) is 0 Å². The van der Waals surface area contributed by atoms with Crippen LogP contribution < -0.4 is 0 Å². The molecule has 1 aromatic rings. The van der Waals surface area contributed by atoms with Gasteiger partial charge in [-0.25, -0.2) is 12.8 Å². The van der Waals surface area contributed by atoms with Gasteiger partial charge in [0.25, 0.3) is 0 Å². The quantitative estimate of drug-likeness (QED) is 0.923. The van der Waals surface area contributed by atoms with E-state index in [4.69, 9.17) is 0 Å². The first-order valence-corrected chi connectivity index (χ1v) is 9.14. The second-order valence-electron chi connectivity index (χ2n) is 5.96. The second-order valence-corrected chi connectivity index (χ2v) is 8.04. The molecule has 0 radical (unpaired) electrons. The van der Waals surface area contributed by atoms with E-state index in [0.717, 1.165) is 32.1 Å². The molecule has 0 saturated heterocycles. The van der Waals surface area contributed by atoms with Crippen LogP contribution in [0.1, 0.15) is 51.4 Å². The topological polar surface area (TPSA) is 54.4 Å².